The highest BCUT2D eigenvalue weighted by Gasteiger charge is 2.52. The van der Waals surface area contributed by atoms with Crippen molar-refractivity contribution in [2.24, 2.45) is 35.5 Å². The fraction of sp³-hybridized carbons (Fsp3) is 0.878. The Balaban J connectivity index is 0.788. The summed E-state index contributed by atoms with van der Waals surface area (Å²) >= 11 is 8.06. The van der Waals surface area contributed by atoms with E-state index >= 15 is 0 Å². The van der Waals surface area contributed by atoms with E-state index in [-0.39, 0.29) is 34.8 Å². The number of carbonyl (C=O) groups excluding carboxylic acids is 4. The van der Waals surface area contributed by atoms with Crippen LogP contribution in [-0.2, 0) is 28.7 Å². The summed E-state index contributed by atoms with van der Waals surface area (Å²) in [7, 11) is 0. The molecule has 0 aromatic carbocycles. The van der Waals surface area contributed by atoms with Crippen LogP contribution < -0.4 is 10.6 Å². The summed E-state index contributed by atoms with van der Waals surface area (Å²) in [6, 6.07) is 0. The van der Waals surface area contributed by atoms with Gasteiger partial charge in [0.1, 0.15) is 13.0 Å². The number of unbranched alkanes of at least 4 members (excludes halogenated alkanes) is 4. The van der Waals surface area contributed by atoms with E-state index in [1.165, 1.54) is 101 Å². The van der Waals surface area contributed by atoms with Crippen molar-refractivity contribution in [2.75, 3.05) is 13.2 Å². The number of ether oxygens (including phenoxy) is 2. The largest absolute Gasteiger partial charge is 0.465 e. The number of carbonyl (C=O) groups is 4. The smallest absolute Gasteiger partial charge is 0.322 e. The minimum atomic E-state index is -0.899. The highest BCUT2D eigenvalue weighted by atomic mass is 32.2. The molecule has 11 heteroatoms. The van der Waals surface area contributed by atoms with Crippen LogP contribution in [0, 0.1) is 35.5 Å². The second-order valence-corrected chi connectivity index (χ2v) is 23.3. The summed E-state index contributed by atoms with van der Waals surface area (Å²) in [5.41, 5.74) is 0.125. The van der Waals surface area contributed by atoms with Crippen LogP contribution in [-0.4, -0.2) is 61.1 Å². The van der Waals surface area contributed by atoms with Gasteiger partial charge in [-0.25, -0.2) is 0 Å². The van der Waals surface area contributed by atoms with Crippen molar-refractivity contribution in [3.05, 3.63) is 0 Å². The lowest BCUT2D eigenvalue weighted by Gasteiger charge is -2.57. The van der Waals surface area contributed by atoms with Crippen molar-refractivity contribution in [3.63, 3.8) is 0 Å². The SMILES string of the molecule is CC(C)(SC(=S)SC(C)(C)C(=O)OCCCCCC(=O)NC12CC3CC(CC(C3)C1)C2)C(=O)OCCCCCC(=O)NC12CC3CC(CC(C3)C1)C2. The van der Waals surface area contributed by atoms with Crippen molar-refractivity contribution in [1.29, 1.82) is 0 Å². The number of nitrogens with one attached hydrogen (secondary N) is 2. The van der Waals surface area contributed by atoms with E-state index in [0.29, 0.717) is 42.4 Å². The third-order valence-electron chi connectivity index (χ3n) is 13.1. The number of amides is 2. The molecule has 8 rings (SSSR count). The van der Waals surface area contributed by atoms with Gasteiger partial charge in [-0.15, -0.1) is 0 Å². The molecule has 2 amide bonds. The van der Waals surface area contributed by atoms with Gasteiger partial charge in [-0.1, -0.05) is 35.7 Å². The molecule has 2 N–H and O–H groups in total. The molecule has 0 radical (unpaired) electrons. The predicted octanol–water partition coefficient (Wildman–Crippen LogP) is 8.67. The highest BCUT2D eigenvalue weighted by molar-refractivity contribution is 8.48. The molecule has 8 aliphatic carbocycles. The Morgan fingerprint density at radius 3 is 1.17 bits per heavy atom. The number of hydrogen-bond donors (Lipinski definition) is 2. The van der Waals surface area contributed by atoms with Crippen LogP contribution in [0.4, 0.5) is 0 Å². The molecule has 0 unspecified atom stereocenters. The zero-order valence-electron chi connectivity index (χ0n) is 32.2. The molecule has 0 heterocycles. The first-order valence-corrected chi connectivity index (χ1v) is 22.5. The first-order chi connectivity index (χ1) is 24.6. The molecule has 8 bridgehead atoms. The number of thiocarbonyl (C=S) groups is 1. The maximum atomic E-state index is 12.9. The zero-order chi connectivity index (χ0) is 37.1. The molecule has 0 aromatic rings. The van der Waals surface area contributed by atoms with Crippen LogP contribution in [0.25, 0.3) is 0 Å². The molecular formula is C41H64N2O6S3. The van der Waals surface area contributed by atoms with Crippen LogP contribution in [0.1, 0.15) is 156 Å². The maximum Gasteiger partial charge on any atom is 0.322 e. The summed E-state index contributed by atoms with van der Waals surface area (Å²) in [4.78, 5) is 51.4. The Bertz CT molecular complexity index is 1180. The highest BCUT2D eigenvalue weighted by Crippen LogP contribution is 2.56. The Morgan fingerprint density at radius 1 is 0.558 bits per heavy atom. The zero-order valence-corrected chi connectivity index (χ0v) is 34.6. The quantitative estimate of drug-likeness (QED) is 0.0803. The molecule has 8 fully saturated rings. The third-order valence-corrected chi connectivity index (χ3v) is 15.8. The van der Waals surface area contributed by atoms with Crippen molar-refractivity contribution >= 4 is 63.0 Å². The second-order valence-electron chi connectivity index (χ2n) is 18.9. The van der Waals surface area contributed by atoms with Crippen LogP contribution in [0.5, 0.6) is 0 Å². The lowest BCUT2D eigenvalue weighted by Crippen LogP contribution is -2.59. The maximum absolute atomic E-state index is 12.9. The van der Waals surface area contributed by atoms with Crippen LogP contribution in [0.15, 0.2) is 0 Å². The molecule has 0 atom stereocenters. The van der Waals surface area contributed by atoms with Crippen molar-refractivity contribution in [2.45, 2.75) is 177 Å². The Morgan fingerprint density at radius 2 is 0.865 bits per heavy atom. The minimum absolute atomic E-state index is 0.0627. The Hall–Kier alpha value is -1.33. The molecule has 0 aliphatic heterocycles. The van der Waals surface area contributed by atoms with Crippen molar-refractivity contribution < 1.29 is 28.7 Å². The molecule has 0 aromatic heterocycles. The van der Waals surface area contributed by atoms with Gasteiger partial charge in [0.25, 0.3) is 0 Å². The van der Waals surface area contributed by atoms with Crippen LogP contribution >= 0.6 is 35.7 Å². The van der Waals surface area contributed by atoms with E-state index in [4.69, 9.17) is 21.7 Å². The van der Waals surface area contributed by atoms with Gasteiger partial charge in [0.15, 0.2) is 0 Å². The number of rotatable bonds is 18. The first kappa shape index (κ1) is 40.3. The summed E-state index contributed by atoms with van der Waals surface area (Å²) in [5, 5.41) is 6.90. The van der Waals surface area contributed by atoms with Gasteiger partial charge < -0.3 is 20.1 Å². The minimum Gasteiger partial charge on any atom is -0.465 e. The molecule has 8 nitrogen and oxygen atoms in total. The molecule has 292 valence electrons. The summed E-state index contributed by atoms with van der Waals surface area (Å²) in [6.45, 7) is 7.77. The van der Waals surface area contributed by atoms with E-state index in [1.807, 2.05) is 0 Å². The molecule has 8 aliphatic rings. The Labute approximate surface area is 326 Å². The second kappa shape index (κ2) is 16.8. The fourth-order valence-corrected chi connectivity index (χ4v) is 15.4. The van der Waals surface area contributed by atoms with Gasteiger partial charge in [-0.3, -0.25) is 19.2 Å². The summed E-state index contributed by atoms with van der Waals surface area (Å²) in [6.07, 6.45) is 20.9. The lowest BCUT2D eigenvalue weighted by molar-refractivity contribution is -0.146. The van der Waals surface area contributed by atoms with Gasteiger partial charge in [0.05, 0.1) is 13.2 Å². The number of thioether (sulfide) groups is 2. The topological polar surface area (TPSA) is 111 Å². The van der Waals surface area contributed by atoms with Gasteiger partial charge in [-0.2, -0.15) is 0 Å². The van der Waals surface area contributed by atoms with E-state index in [9.17, 15) is 19.2 Å². The van der Waals surface area contributed by atoms with E-state index in [0.717, 1.165) is 61.2 Å². The van der Waals surface area contributed by atoms with E-state index < -0.39 is 9.49 Å². The molecule has 8 saturated carbocycles. The first-order valence-electron chi connectivity index (χ1n) is 20.5. The van der Waals surface area contributed by atoms with Gasteiger partial charge in [0.2, 0.25) is 11.8 Å². The van der Waals surface area contributed by atoms with Crippen LogP contribution in [0.3, 0.4) is 0 Å². The molecular weight excluding hydrogens is 713 g/mol. The van der Waals surface area contributed by atoms with Crippen molar-refractivity contribution in [1.82, 2.24) is 10.6 Å². The van der Waals surface area contributed by atoms with Crippen LogP contribution in [0.2, 0.25) is 0 Å². The fourth-order valence-electron chi connectivity index (χ4n) is 11.6. The number of esters is 2. The van der Waals surface area contributed by atoms with E-state index in [1.54, 1.807) is 27.7 Å². The van der Waals surface area contributed by atoms with Crippen molar-refractivity contribution in [3.8, 4) is 0 Å². The summed E-state index contributed by atoms with van der Waals surface area (Å²) in [5.74, 6) is 4.55. The number of hydrogen-bond acceptors (Lipinski definition) is 9. The molecule has 0 saturated heterocycles. The van der Waals surface area contributed by atoms with E-state index in [2.05, 4.69) is 10.6 Å². The monoisotopic (exact) mass is 776 g/mol. The van der Waals surface area contributed by atoms with Gasteiger partial charge >= 0.3 is 11.9 Å². The third kappa shape index (κ3) is 10.5. The van der Waals surface area contributed by atoms with Gasteiger partial charge in [0, 0.05) is 23.9 Å². The van der Waals surface area contributed by atoms with Gasteiger partial charge in [-0.05, 0) is 179 Å². The summed E-state index contributed by atoms with van der Waals surface area (Å²) < 4.78 is 9.88. The molecule has 0 spiro atoms. The average Bonchev–Trinajstić information content (AvgIpc) is 3.01. The lowest BCUT2D eigenvalue weighted by atomic mass is 9.53. The standard InChI is InChI=1S/C41H64N2O6S3/c1-38(2,35(46)48-13-9-5-7-11-33(44)42-40-21-27-15-28(22-40)17-29(16-27)23-40)51-37(50)52-39(3,4)36(47)49-14-10-6-8-12-34(45)43-41-24-30-18-31(25-41)20-32(19-30)26-41/h27-32H,5-26H2,1-4H3,(H,42,44)(H,43,45). The average molecular weight is 777 g/mol. The normalized spacial score (nSPS) is 32.8. The predicted molar refractivity (Wildman–Crippen MR) is 213 cm³/mol. The Kier molecular flexibility index (Phi) is 13.0. The molecule has 52 heavy (non-hydrogen) atoms.